The molecular weight excluding hydrogens is 252 g/mol. The van der Waals surface area contributed by atoms with Gasteiger partial charge < -0.3 is 9.84 Å². The summed E-state index contributed by atoms with van der Waals surface area (Å²) in [5, 5.41) is 9.15. The number of aryl methyl sites for hydroxylation is 1. The Bertz CT molecular complexity index is 595. The topological polar surface area (TPSA) is 46.5 Å². The fourth-order valence-electron chi connectivity index (χ4n) is 1.64. The lowest BCUT2D eigenvalue weighted by Gasteiger charge is -2.02. The molecule has 0 aromatic heterocycles. The van der Waals surface area contributed by atoms with Gasteiger partial charge in [-0.05, 0) is 36.3 Å². The molecule has 0 saturated carbocycles. The number of benzene rings is 2. The number of phenols is 1. The number of hydrogen-bond donors (Lipinski definition) is 1. The Hall–Kier alpha value is -2.55. The lowest BCUT2D eigenvalue weighted by molar-refractivity contribution is -0.138. The number of ether oxygens (including phenoxy) is 1. The van der Waals surface area contributed by atoms with E-state index in [1.54, 1.807) is 30.3 Å². The molecule has 3 heteroatoms. The van der Waals surface area contributed by atoms with Crippen molar-refractivity contribution in [1.82, 2.24) is 0 Å². The molecule has 3 nitrogen and oxygen atoms in total. The number of esters is 1. The van der Waals surface area contributed by atoms with Gasteiger partial charge in [-0.25, -0.2) is 4.79 Å². The van der Waals surface area contributed by atoms with Crippen molar-refractivity contribution >= 4 is 12.0 Å². The van der Waals surface area contributed by atoms with Gasteiger partial charge >= 0.3 is 5.97 Å². The molecule has 0 aliphatic heterocycles. The van der Waals surface area contributed by atoms with E-state index >= 15 is 0 Å². The molecule has 102 valence electrons. The van der Waals surface area contributed by atoms with Crippen LogP contribution in [0.2, 0.25) is 0 Å². The molecule has 0 fully saturated rings. The molecule has 0 amide bonds. The first-order chi connectivity index (χ1) is 9.63. The van der Waals surface area contributed by atoms with Gasteiger partial charge in [0.25, 0.3) is 0 Å². The zero-order chi connectivity index (χ0) is 14.4. The highest BCUT2D eigenvalue weighted by Crippen LogP contribution is 2.11. The summed E-state index contributed by atoms with van der Waals surface area (Å²) in [4.78, 5) is 11.6. The summed E-state index contributed by atoms with van der Waals surface area (Å²) < 4.78 is 5.14. The zero-order valence-electron chi connectivity index (χ0n) is 11.2. The molecule has 2 rings (SSSR count). The summed E-state index contributed by atoms with van der Waals surface area (Å²) >= 11 is 0. The Labute approximate surface area is 118 Å². The van der Waals surface area contributed by atoms with Crippen LogP contribution < -0.4 is 0 Å². The van der Waals surface area contributed by atoms with Crippen LogP contribution in [0, 0.1) is 6.92 Å². The van der Waals surface area contributed by atoms with Gasteiger partial charge in [0.15, 0.2) is 0 Å². The van der Waals surface area contributed by atoms with Crippen molar-refractivity contribution in [2.45, 2.75) is 13.5 Å². The molecule has 2 aromatic carbocycles. The molecule has 0 bridgehead atoms. The maximum Gasteiger partial charge on any atom is 0.331 e. The Morgan fingerprint density at radius 2 is 1.75 bits per heavy atom. The maximum absolute atomic E-state index is 11.6. The van der Waals surface area contributed by atoms with Crippen LogP contribution in [-0.4, -0.2) is 11.1 Å². The highest BCUT2D eigenvalue weighted by molar-refractivity contribution is 5.87. The third-order valence-corrected chi connectivity index (χ3v) is 2.81. The van der Waals surface area contributed by atoms with Crippen LogP contribution in [0.4, 0.5) is 0 Å². The van der Waals surface area contributed by atoms with Crippen molar-refractivity contribution in [2.24, 2.45) is 0 Å². The van der Waals surface area contributed by atoms with Gasteiger partial charge in [0.2, 0.25) is 0 Å². The van der Waals surface area contributed by atoms with Crippen molar-refractivity contribution in [2.75, 3.05) is 0 Å². The van der Waals surface area contributed by atoms with E-state index in [1.807, 2.05) is 31.2 Å². The molecule has 20 heavy (non-hydrogen) atoms. The van der Waals surface area contributed by atoms with Crippen molar-refractivity contribution < 1.29 is 14.6 Å². The van der Waals surface area contributed by atoms with Crippen LogP contribution in [0.15, 0.2) is 54.6 Å². The van der Waals surface area contributed by atoms with Gasteiger partial charge in [0.1, 0.15) is 12.4 Å². The molecule has 1 N–H and O–H groups in total. The number of carbonyl (C=O) groups excluding carboxylic acids is 1. The molecule has 0 heterocycles. The van der Waals surface area contributed by atoms with Gasteiger partial charge in [-0.15, -0.1) is 0 Å². The summed E-state index contributed by atoms with van der Waals surface area (Å²) in [6.45, 7) is 2.27. The Morgan fingerprint density at radius 3 is 2.40 bits per heavy atom. The zero-order valence-corrected chi connectivity index (χ0v) is 11.2. The van der Waals surface area contributed by atoms with E-state index in [-0.39, 0.29) is 12.4 Å². The predicted molar refractivity (Wildman–Crippen MR) is 78.1 cm³/mol. The van der Waals surface area contributed by atoms with Gasteiger partial charge in [-0.1, -0.05) is 42.0 Å². The average Bonchev–Trinajstić information content (AvgIpc) is 2.46. The Morgan fingerprint density at radius 1 is 1.10 bits per heavy atom. The third kappa shape index (κ3) is 4.28. The van der Waals surface area contributed by atoms with E-state index in [4.69, 9.17) is 9.84 Å². The molecule has 0 atom stereocenters. The van der Waals surface area contributed by atoms with Crippen molar-refractivity contribution in [3.8, 4) is 5.75 Å². The first-order valence-corrected chi connectivity index (χ1v) is 6.33. The van der Waals surface area contributed by atoms with Crippen LogP contribution >= 0.6 is 0 Å². The average molecular weight is 268 g/mol. The van der Waals surface area contributed by atoms with Gasteiger partial charge in [0.05, 0.1) is 0 Å². The van der Waals surface area contributed by atoms with Gasteiger partial charge in [-0.3, -0.25) is 0 Å². The number of carbonyl (C=O) groups is 1. The molecule has 0 radical (unpaired) electrons. The van der Waals surface area contributed by atoms with Gasteiger partial charge in [-0.2, -0.15) is 0 Å². The second-order valence-electron chi connectivity index (χ2n) is 4.52. The molecule has 2 aromatic rings. The van der Waals surface area contributed by atoms with E-state index in [9.17, 15) is 4.79 Å². The third-order valence-electron chi connectivity index (χ3n) is 2.81. The maximum atomic E-state index is 11.6. The van der Waals surface area contributed by atoms with Crippen LogP contribution in [0.25, 0.3) is 6.08 Å². The van der Waals surface area contributed by atoms with Crippen LogP contribution in [0.5, 0.6) is 5.75 Å². The SMILES string of the molecule is Cc1ccc(COC(=O)/C=C/c2ccc(O)cc2)cc1. The minimum Gasteiger partial charge on any atom is -0.508 e. The fraction of sp³-hybridized carbons (Fsp3) is 0.118. The molecule has 0 saturated heterocycles. The van der Waals surface area contributed by atoms with Crippen LogP contribution in [0.3, 0.4) is 0 Å². The lowest BCUT2D eigenvalue weighted by atomic mass is 10.2. The first-order valence-electron chi connectivity index (χ1n) is 6.33. The predicted octanol–water partition coefficient (Wildman–Crippen LogP) is 3.46. The monoisotopic (exact) mass is 268 g/mol. The molecule has 0 spiro atoms. The van der Waals surface area contributed by atoms with Crippen LogP contribution in [-0.2, 0) is 16.1 Å². The van der Waals surface area contributed by atoms with E-state index in [1.165, 1.54) is 11.6 Å². The van der Waals surface area contributed by atoms with E-state index < -0.39 is 5.97 Å². The second-order valence-corrected chi connectivity index (χ2v) is 4.52. The quantitative estimate of drug-likeness (QED) is 0.682. The number of hydrogen-bond acceptors (Lipinski definition) is 3. The normalized spacial score (nSPS) is 10.7. The van der Waals surface area contributed by atoms with Gasteiger partial charge in [0, 0.05) is 6.08 Å². The van der Waals surface area contributed by atoms with E-state index in [2.05, 4.69) is 0 Å². The fourth-order valence-corrected chi connectivity index (χ4v) is 1.64. The summed E-state index contributed by atoms with van der Waals surface area (Å²) in [6.07, 6.45) is 3.03. The summed E-state index contributed by atoms with van der Waals surface area (Å²) in [7, 11) is 0. The lowest BCUT2D eigenvalue weighted by Crippen LogP contribution is -2.00. The van der Waals surface area contributed by atoms with Crippen LogP contribution in [0.1, 0.15) is 16.7 Å². The summed E-state index contributed by atoms with van der Waals surface area (Å²) in [5.41, 5.74) is 2.96. The second kappa shape index (κ2) is 6.57. The first kappa shape index (κ1) is 13.9. The highest BCUT2D eigenvalue weighted by atomic mass is 16.5. The number of phenolic OH excluding ortho intramolecular Hbond substituents is 1. The summed E-state index contributed by atoms with van der Waals surface area (Å²) in [6, 6.07) is 14.4. The van der Waals surface area contributed by atoms with Crippen molar-refractivity contribution in [3.05, 3.63) is 71.3 Å². The molecule has 0 aliphatic rings. The molecular formula is C17H16O3. The number of rotatable bonds is 4. The van der Waals surface area contributed by atoms with Crippen molar-refractivity contribution in [1.29, 1.82) is 0 Å². The Balaban J connectivity index is 1.86. The highest BCUT2D eigenvalue weighted by Gasteiger charge is 1.99. The van der Waals surface area contributed by atoms with E-state index in [0.29, 0.717) is 0 Å². The standard InChI is InChI=1S/C17H16O3/c1-13-2-4-15(5-3-13)12-20-17(19)11-8-14-6-9-16(18)10-7-14/h2-11,18H,12H2,1H3/b11-8+. The molecule has 0 unspecified atom stereocenters. The largest absolute Gasteiger partial charge is 0.508 e. The Kier molecular flexibility index (Phi) is 4.56. The number of aromatic hydroxyl groups is 1. The smallest absolute Gasteiger partial charge is 0.331 e. The minimum atomic E-state index is -0.390. The molecule has 0 aliphatic carbocycles. The summed E-state index contributed by atoms with van der Waals surface area (Å²) in [5.74, 6) is -0.192. The van der Waals surface area contributed by atoms with Crippen molar-refractivity contribution in [3.63, 3.8) is 0 Å². The minimum absolute atomic E-state index is 0.198. The van der Waals surface area contributed by atoms with E-state index in [0.717, 1.165) is 11.1 Å².